The summed E-state index contributed by atoms with van der Waals surface area (Å²) in [5, 5.41) is 0.545. The van der Waals surface area contributed by atoms with Gasteiger partial charge in [0.2, 0.25) is 11.8 Å². The minimum absolute atomic E-state index is 0.0177. The molecule has 1 aromatic carbocycles. The molecule has 0 aromatic heterocycles. The van der Waals surface area contributed by atoms with Gasteiger partial charge in [0.15, 0.2) is 0 Å². The monoisotopic (exact) mass is 348 g/mol. The zero-order valence-electron chi connectivity index (χ0n) is 13.5. The van der Waals surface area contributed by atoms with Gasteiger partial charge in [-0.05, 0) is 31.4 Å². The fourth-order valence-electron chi connectivity index (χ4n) is 4.15. The average Bonchev–Trinajstić information content (AvgIpc) is 2.97. The summed E-state index contributed by atoms with van der Waals surface area (Å²) in [5.74, 6) is -0.178. The van der Waals surface area contributed by atoms with E-state index in [0.717, 1.165) is 39.0 Å². The fraction of sp³-hybridized carbons (Fsp3) is 0.556. The molecule has 0 saturated carbocycles. The number of nitrogens with zero attached hydrogens (tertiary/aromatic N) is 2. The van der Waals surface area contributed by atoms with Crippen LogP contribution in [0.5, 0.6) is 0 Å². The molecule has 0 aliphatic carbocycles. The smallest absolute Gasteiger partial charge is 0.228 e. The van der Waals surface area contributed by atoms with E-state index in [1.54, 1.807) is 11.0 Å². The van der Waals surface area contributed by atoms with E-state index in [1.807, 2.05) is 23.1 Å². The number of halogens is 1. The summed E-state index contributed by atoms with van der Waals surface area (Å²) in [7, 11) is 0. The van der Waals surface area contributed by atoms with Crippen LogP contribution in [0, 0.1) is 5.92 Å². The van der Waals surface area contributed by atoms with Gasteiger partial charge in [-0.15, -0.1) is 0 Å². The first kappa shape index (κ1) is 15.9. The Morgan fingerprint density at radius 2 is 1.96 bits per heavy atom. The summed E-state index contributed by atoms with van der Waals surface area (Å²) >= 11 is 6.21. The number of hydrogen-bond acceptors (Lipinski definition) is 3. The molecule has 3 heterocycles. The zero-order chi connectivity index (χ0) is 16.7. The number of hydrogen-bond donors (Lipinski definition) is 0. The molecule has 1 unspecified atom stereocenters. The van der Waals surface area contributed by atoms with Crippen LogP contribution in [0.25, 0.3) is 0 Å². The van der Waals surface area contributed by atoms with E-state index in [-0.39, 0.29) is 29.7 Å². The molecule has 1 atom stereocenters. The summed E-state index contributed by atoms with van der Waals surface area (Å²) in [6.07, 6.45) is 3.14. The zero-order valence-corrected chi connectivity index (χ0v) is 14.3. The van der Waals surface area contributed by atoms with E-state index in [9.17, 15) is 9.59 Å². The Bertz CT molecular complexity index is 672. The number of ether oxygens (including phenoxy) is 1. The molecule has 3 aliphatic heterocycles. The van der Waals surface area contributed by atoms with Gasteiger partial charge >= 0.3 is 0 Å². The van der Waals surface area contributed by atoms with Crippen LogP contribution in [-0.4, -0.2) is 48.6 Å². The summed E-state index contributed by atoms with van der Waals surface area (Å²) in [4.78, 5) is 29.1. The molecule has 0 bridgehead atoms. The predicted octanol–water partition coefficient (Wildman–Crippen LogP) is 2.47. The van der Waals surface area contributed by atoms with Crippen LogP contribution in [0.2, 0.25) is 5.02 Å². The quantitative estimate of drug-likeness (QED) is 0.825. The first-order valence-electron chi connectivity index (χ1n) is 8.55. The van der Waals surface area contributed by atoms with Crippen molar-refractivity contribution in [3.8, 4) is 0 Å². The molecule has 0 radical (unpaired) electrons. The third-order valence-corrected chi connectivity index (χ3v) is 6.00. The third-order valence-electron chi connectivity index (χ3n) is 5.68. The minimum Gasteiger partial charge on any atom is -0.381 e. The molecule has 4 rings (SSSR count). The fourth-order valence-corrected chi connectivity index (χ4v) is 4.39. The minimum atomic E-state index is -0.270. The lowest BCUT2D eigenvalue weighted by molar-refractivity contribution is -0.160. The second-order valence-electron chi connectivity index (χ2n) is 6.93. The van der Waals surface area contributed by atoms with Crippen molar-refractivity contribution in [2.45, 2.75) is 31.2 Å². The predicted molar refractivity (Wildman–Crippen MR) is 91.0 cm³/mol. The van der Waals surface area contributed by atoms with Gasteiger partial charge in [0.05, 0.1) is 16.6 Å². The Balaban J connectivity index is 1.49. The molecule has 3 aliphatic rings. The highest BCUT2D eigenvalue weighted by Gasteiger charge is 2.50. The van der Waals surface area contributed by atoms with Crippen molar-refractivity contribution in [1.29, 1.82) is 0 Å². The SMILES string of the molecule is O=C1CC(C(=O)N2CCC23CCOCC3)CN1c1ccccc1Cl. The molecule has 1 aromatic rings. The van der Waals surface area contributed by atoms with Gasteiger partial charge < -0.3 is 14.5 Å². The van der Waals surface area contributed by atoms with Crippen LogP contribution in [0.1, 0.15) is 25.7 Å². The number of rotatable bonds is 2. The van der Waals surface area contributed by atoms with Crippen molar-refractivity contribution in [1.82, 2.24) is 4.90 Å². The van der Waals surface area contributed by atoms with Gasteiger partial charge in [-0.25, -0.2) is 0 Å². The van der Waals surface area contributed by atoms with E-state index in [0.29, 0.717) is 17.3 Å². The molecular formula is C18H21ClN2O3. The van der Waals surface area contributed by atoms with Crippen LogP contribution in [0.3, 0.4) is 0 Å². The average molecular weight is 349 g/mol. The van der Waals surface area contributed by atoms with Gasteiger partial charge in [0.1, 0.15) is 0 Å². The largest absolute Gasteiger partial charge is 0.381 e. The molecule has 0 N–H and O–H groups in total. The first-order chi connectivity index (χ1) is 11.6. The molecule has 3 fully saturated rings. The first-order valence-corrected chi connectivity index (χ1v) is 8.93. The number of benzene rings is 1. The van der Waals surface area contributed by atoms with Crippen molar-refractivity contribution in [3.63, 3.8) is 0 Å². The van der Waals surface area contributed by atoms with Gasteiger partial charge in [-0.1, -0.05) is 23.7 Å². The third kappa shape index (κ3) is 2.50. The number of likely N-dealkylation sites (tertiary alicyclic amines) is 1. The van der Waals surface area contributed by atoms with Crippen LogP contribution in [0.4, 0.5) is 5.69 Å². The lowest BCUT2D eigenvalue weighted by Gasteiger charge is -2.55. The van der Waals surface area contributed by atoms with E-state index >= 15 is 0 Å². The number of anilines is 1. The van der Waals surface area contributed by atoms with Gasteiger partial charge in [0, 0.05) is 38.3 Å². The number of para-hydroxylation sites is 1. The molecule has 3 saturated heterocycles. The van der Waals surface area contributed by atoms with Crippen molar-refractivity contribution in [2.24, 2.45) is 5.92 Å². The highest BCUT2D eigenvalue weighted by Crippen LogP contribution is 2.41. The van der Waals surface area contributed by atoms with Crippen LogP contribution in [-0.2, 0) is 14.3 Å². The van der Waals surface area contributed by atoms with E-state index < -0.39 is 0 Å². The van der Waals surface area contributed by atoms with Crippen molar-refractivity contribution < 1.29 is 14.3 Å². The maximum Gasteiger partial charge on any atom is 0.228 e. The molecule has 2 amide bonds. The van der Waals surface area contributed by atoms with Crippen molar-refractivity contribution in [2.75, 3.05) is 31.2 Å². The lowest BCUT2D eigenvalue weighted by atomic mass is 9.77. The molecule has 128 valence electrons. The normalized spacial score (nSPS) is 25.9. The number of amides is 2. The Morgan fingerprint density at radius 1 is 1.21 bits per heavy atom. The summed E-state index contributed by atoms with van der Waals surface area (Å²) in [6.45, 7) is 2.67. The Labute approximate surface area is 146 Å². The molecule has 24 heavy (non-hydrogen) atoms. The second-order valence-corrected chi connectivity index (χ2v) is 7.34. The Kier molecular flexibility index (Phi) is 4.01. The summed E-state index contributed by atoms with van der Waals surface area (Å²) in [6, 6.07) is 7.29. The maximum atomic E-state index is 13.0. The molecular weight excluding hydrogens is 328 g/mol. The van der Waals surface area contributed by atoms with Crippen molar-refractivity contribution >= 4 is 29.1 Å². The van der Waals surface area contributed by atoms with Gasteiger partial charge in [0.25, 0.3) is 0 Å². The van der Waals surface area contributed by atoms with Crippen molar-refractivity contribution in [3.05, 3.63) is 29.3 Å². The molecule has 1 spiro atoms. The number of carbonyl (C=O) groups excluding carboxylic acids is 2. The molecule has 5 nitrogen and oxygen atoms in total. The van der Waals surface area contributed by atoms with E-state index in [2.05, 4.69) is 0 Å². The van der Waals surface area contributed by atoms with Gasteiger partial charge in [-0.3, -0.25) is 9.59 Å². The topological polar surface area (TPSA) is 49.9 Å². The van der Waals surface area contributed by atoms with Crippen LogP contribution < -0.4 is 4.90 Å². The van der Waals surface area contributed by atoms with Gasteiger partial charge in [-0.2, -0.15) is 0 Å². The standard InChI is InChI=1S/C18H21ClN2O3/c19-14-3-1-2-4-15(14)20-12-13(11-16(20)22)17(23)21-8-5-18(21)6-9-24-10-7-18/h1-4,13H,5-12H2. The summed E-state index contributed by atoms with van der Waals surface area (Å²) < 4.78 is 5.44. The molecule has 6 heteroatoms. The van der Waals surface area contributed by atoms with Crippen LogP contribution in [0.15, 0.2) is 24.3 Å². The van der Waals surface area contributed by atoms with E-state index in [4.69, 9.17) is 16.3 Å². The Hall–Kier alpha value is -1.59. The maximum absolute atomic E-state index is 13.0. The number of carbonyl (C=O) groups is 2. The van der Waals surface area contributed by atoms with Crippen LogP contribution >= 0.6 is 11.6 Å². The second kappa shape index (κ2) is 6.05. The van der Waals surface area contributed by atoms with E-state index in [1.165, 1.54) is 0 Å². The summed E-state index contributed by atoms with van der Waals surface area (Å²) in [5.41, 5.74) is 0.680. The highest BCUT2D eigenvalue weighted by molar-refractivity contribution is 6.33. The highest BCUT2D eigenvalue weighted by atomic mass is 35.5. The lowest BCUT2D eigenvalue weighted by Crippen LogP contribution is -2.65. The Morgan fingerprint density at radius 3 is 2.62 bits per heavy atom.